The number of aliphatic hydroxyl groups excluding tert-OH is 1. The van der Waals surface area contributed by atoms with E-state index in [2.05, 4.69) is 40.2 Å². The molecule has 0 aromatic heterocycles. The zero-order valence-electron chi connectivity index (χ0n) is 22.5. The molecule has 0 aliphatic carbocycles. The fourth-order valence-corrected chi connectivity index (χ4v) is 7.53. The molecule has 7 unspecified atom stereocenters. The molecule has 5 heterocycles. The highest BCUT2D eigenvalue weighted by atomic mass is 16.3. The van der Waals surface area contributed by atoms with Gasteiger partial charge in [-0.05, 0) is 88.0 Å². The van der Waals surface area contributed by atoms with Crippen molar-refractivity contribution in [1.29, 1.82) is 0 Å². The molecule has 3 heteroatoms. The van der Waals surface area contributed by atoms with Gasteiger partial charge in [-0.2, -0.15) is 0 Å². The summed E-state index contributed by atoms with van der Waals surface area (Å²) < 4.78 is 0. The van der Waals surface area contributed by atoms with Crippen molar-refractivity contribution in [1.82, 2.24) is 9.80 Å². The highest BCUT2D eigenvalue weighted by Crippen LogP contribution is 2.40. The van der Waals surface area contributed by atoms with Crippen LogP contribution in [0.4, 0.5) is 0 Å². The van der Waals surface area contributed by atoms with E-state index in [4.69, 9.17) is 0 Å². The van der Waals surface area contributed by atoms with Gasteiger partial charge in [-0.25, -0.2) is 0 Å². The zero-order chi connectivity index (χ0) is 24.1. The number of nitrogens with zero attached hydrogens (tertiary/aromatic N) is 2. The molecular weight excluding hydrogens is 428 g/mol. The Labute approximate surface area is 216 Å². The maximum Gasteiger partial charge on any atom is 0.0850 e. The van der Waals surface area contributed by atoms with Gasteiger partial charge in [-0.15, -0.1) is 0 Å². The molecule has 0 aromatic rings. The number of rotatable bonds is 0. The van der Waals surface area contributed by atoms with Crippen molar-refractivity contribution in [2.24, 2.45) is 23.7 Å². The minimum atomic E-state index is -0.346. The molecule has 0 amide bonds. The Balaban J connectivity index is 1.51. The van der Waals surface area contributed by atoms with Crippen LogP contribution in [0.25, 0.3) is 0 Å². The van der Waals surface area contributed by atoms with Gasteiger partial charge in [-0.3, -0.25) is 4.90 Å². The second-order valence-corrected chi connectivity index (χ2v) is 12.2. The molecule has 0 spiro atoms. The summed E-state index contributed by atoms with van der Waals surface area (Å²) in [7, 11) is 0. The molecule has 35 heavy (non-hydrogen) atoms. The van der Waals surface area contributed by atoms with Crippen LogP contribution in [-0.4, -0.2) is 60.3 Å². The largest absolute Gasteiger partial charge is 0.388 e. The Morgan fingerprint density at radius 2 is 1.31 bits per heavy atom. The first-order chi connectivity index (χ1) is 17.3. The van der Waals surface area contributed by atoms with E-state index >= 15 is 0 Å². The Morgan fingerprint density at radius 3 is 2.20 bits per heavy atom. The summed E-state index contributed by atoms with van der Waals surface area (Å²) in [5, 5.41) is 10.8. The van der Waals surface area contributed by atoms with E-state index in [-0.39, 0.29) is 6.10 Å². The van der Waals surface area contributed by atoms with Crippen molar-refractivity contribution < 1.29 is 5.11 Å². The number of hydrogen-bond acceptors (Lipinski definition) is 3. The Kier molecular flexibility index (Phi) is 11.9. The van der Waals surface area contributed by atoms with Crippen LogP contribution in [-0.2, 0) is 0 Å². The predicted octanol–water partition coefficient (Wildman–Crippen LogP) is 6.99. The van der Waals surface area contributed by atoms with Crippen molar-refractivity contribution in [2.75, 3.05) is 39.3 Å². The van der Waals surface area contributed by atoms with Crippen LogP contribution in [0.15, 0.2) is 36.5 Å². The van der Waals surface area contributed by atoms with Crippen molar-refractivity contribution in [3.05, 3.63) is 36.5 Å². The molecule has 1 N–H and O–H groups in total. The average molecular weight is 483 g/mol. The van der Waals surface area contributed by atoms with Crippen molar-refractivity contribution in [3.8, 4) is 0 Å². The molecule has 0 radical (unpaired) electrons. The van der Waals surface area contributed by atoms with E-state index in [0.717, 1.165) is 30.2 Å². The smallest absolute Gasteiger partial charge is 0.0850 e. The van der Waals surface area contributed by atoms with Gasteiger partial charge in [0.2, 0.25) is 0 Å². The maximum atomic E-state index is 10.8. The summed E-state index contributed by atoms with van der Waals surface area (Å²) in [6.07, 6.45) is 33.4. The van der Waals surface area contributed by atoms with Crippen LogP contribution in [0, 0.1) is 23.7 Å². The minimum Gasteiger partial charge on any atom is -0.388 e. The van der Waals surface area contributed by atoms with Crippen LogP contribution >= 0.6 is 0 Å². The molecule has 198 valence electrons. The molecule has 5 aliphatic heterocycles. The number of piperidine rings is 2. The average Bonchev–Trinajstić information content (AvgIpc) is 2.85. The number of aliphatic hydroxyl groups is 1. The fourth-order valence-electron chi connectivity index (χ4n) is 7.53. The lowest BCUT2D eigenvalue weighted by Crippen LogP contribution is -2.50. The quantitative estimate of drug-likeness (QED) is 0.377. The lowest BCUT2D eigenvalue weighted by Gasteiger charge is -2.47. The molecule has 3 nitrogen and oxygen atoms in total. The highest BCUT2D eigenvalue weighted by Gasteiger charge is 2.38. The van der Waals surface area contributed by atoms with E-state index in [1.54, 1.807) is 0 Å². The summed E-state index contributed by atoms with van der Waals surface area (Å²) in [4.78, 5) is 5.45. The third-order valence-electron chi connectivity index (χ3n) is 9.36. The number of fused-ring (bicyclic) bond motifs is 10. The SMILES string of the molecule is OC1C=CC=CCCCCCCC2CN3CCC=CCCCCCCC4CC(CN(C1)C4)C2CC3. The summed E-state index contributed by atoms with van der Waals surface area (Å²) in [5.74, 6) is 3.40. The van der Waals surface area contributed by atoms with Crippen molar-refractivity contribution in [3.63, 3.8) is 0 Å². The molecule has 5 aliphatic rings. The molecule has 0 aromatic carbocycles. The Hall–Kier alpha value is -0.900. The van der Waals surface area contributed by atoms with Crippen LogP contribution in [0.3, 0.4) is 0 Å². The Bertz CT molecular complexity index is 670. The van der Waals surface area contributed by atoms with E-state index in [0.29, 0.717) is 0 Å². The summed E-state index contributed by atoms with van der Waals surface area (Å²) >= 11 is 0. The van der Waals surface area contributed by atoms with Crippen LogP contribution in [0.1, 0.15) is 96.3 Å². The third kappa shape index (κ3) is 9.48. The molecule has 7 atom stereocenters. The molecule has 2 saturated heterocycles. The lowest BCUT2D eigenvalue weighted by atomic mass is 9.69. The topological polar surface area (TPSA) is 26.7 Å². The lowest BCUT2D eigenvalue weighted by molar-refractivity contribution is 0.00963. The number of hydrogen-bond donors (Lipinski definition) is 1. The normalized spacial score (nSPS) is 38.8. The summed E-state index contributed by atoms with van der Waals surface area (Å²) in [6, 6.07) is 0. The predicted molar refractivity (Wildman–Crippen MR) is 150 cm³/mol. The van der Waals surface area contributed by atoms with Crippen molar-refractivity contribution in [2.45, 2.75) is 102 Å². The van der Waals surface area contributed by atoms with E-state index in [1.165, 1.54) is 129 Å². The van der Waals surface area contributed by atoms with Gasteiger partial charge in [0.05, 0.1) is 6.10 Å². The van der Waals surface area contributed by atoms with Crippen LogP contribution in [0.2, 0.25) is 0 Å². The van der Waals surface area contributed by atoms with Gasteiger partial charge in [0, 0.05) is 32.7 Å². The number of allylic oxidation sites excluding steroid dienone is 4. The van der Waals surface area contributed by atoms with Gasteiger partial charge in [-0.1, -0.05) is 75.0 Å². The fraction of sp³-hybridized carbons (Fsp3) is 0.812. The van der Waals surface area contributed by atoms with Crippen molar-refractivity contribution >= 4 is 0 Å². The summed E-state index contributed by atoms with van der Waals surface area (Å²) in [6.45, 7) is 7.10. The van der Waals surface area contributed by atoms with Gasteiger partial charge in [0.15, 0.2) is 0 Å². The maximum absolute atomic E-state index is 10.8. The molecule has 6 bridgehead atoms. The molecule has 2 fully saturated rings. The first-order valence-electron chi connectivity index (χ1n) is 15.4. The summed E-state index contributed by atoms with van der Waals surface area (Å²) in [5.41, 5.74) is 0. The van der Waals surface area contributed by atoms with Crippen LogP contribution in [0.5, 0.6) is 0 Å². The first-order valence-corrected chi connectivity index (χ1v) is 15.4. The molecule has 0 saturated carbocycles. The van der Waals surface area contributed by atoms with Gasteiger partial charge >= 0.3 is 0 Å². The second kappa shape index (κ2) is 15.4. The zero-order valence-corrected chi connectivity index (χ0v) is 22.5. The molecule has 5 rings (SSSR count). The van der Waals surface area contributed by atoms with E-state index < -0.39 is 0 Å². The van der Waals surface area contributed by atoms with E-state index in [9.17, 15) is 5.11 Å². The van der Waals surface area contributed by atoms with E-state index in [1.807, 2.05) is 6.08 Å². The monoisotopic (exact) mass is 482 g/mol. The minimum absolute atomic E-state index is 0.346. The van der Waals surface area contributed by atoms with Gasteiger partial charge in [0.1, 0.15) is 0 Å². The Morgan fingerprint density at radius 1 is 0.571 bits per heavy atom. The molecular formula is C32H54N2O. The standard InChI is InChI=1S/C32H54N2O/c35-31-19-15-11-7-2-1-6-10-14-18-29-25-33-21-16-12-8-4-3-5-9-13-17-28-23-30(32(29)20-22-33)26-34(24-28)27-31/h7-8,11-12,15,19,28-32,35H,1-6,9-10,13-14,16-18,20-27H2. The third-order valence-corrected chi connectivity index (χ3v) is 9.36. The van der Waals surface area contributed by atoms with Crippen LogP contribution < -0.4 is 0 Å². The second-order valence-electron chi connectivity index (χ2n) is 12.2. The van der Waals surface area contributed by atoms with Gasteiger partial charge < -0.3 is 10.0 Å². The highest BCUT2D eigenvalue weighted by molar-refractivity contribution is 5.05. The first kappa shape index (κ1) is 27.1. The van der Waals surface area contributed by atoms with Gasteiger partial charge in [0.25, 0.3) is 0 Å².